The van der Waals surface area contributed by atoms with Crippen LogP contribution >= 0.6 is 0 Å². The van der Waals surface area contributed by atoms with E-state index in [9.17, 15) is 4.79 Å². The Kier molecular flexibility index (Phi) is 5.33. The van der Waals surface area contributed by atoms with Crippen molar-refractivity contribution in [1.29, 1.82) is 0 Å². The summed E-state index contributed by atoms with van der Waals surface area (Å²) in [5.41, 5.74) is 3.79. The fourth-order valence-corrected chi connectivity index (χ4v) is 3.14. The number of hydrogen-bond donors (Lipinski definition) is 1. The molecule has 2 aromatic heterocycles. The number of ether oxygens (including phenoxy) is 1. The Balaban J connectivity index is 1.73. The van der Waals surface area contributed by atoms with Crippen molar-refractivity contribution >= 4 is 11.8 Å². The Bertz CT molecular complexity index is 1110. The van der Waals surface area contributed by atoms with Gasteiger partial charge in [-0.15, -0.1) is 0 Å². The summed E-state index contributed by atoms with van der Waals surface area (Å²) >= 11 is 0. The fraction of sp³-hybridized carbons (Fsp3) is 0.0870. The summed E-state index contributed by atoms with van der Waals surface area (Å²) in [6.07, 6.45) is 3.61. The molecule has 2 aromatic carbocycles. The predicted octanol–water partition coefficient (Wildman–Crippen LogP) is 4.59. The number of para-hydroxylation sites is 1. The molecule has 6 heteroatoms. The lowest BCUT2D eigenvalue weighted by molar-refractivity contribution is -0.115. The first-order valence-electron chi connectivity index (χ1n) is 9.13. The van der Waals surface area contributed by atoms with Gasteiger partial charge < -0.3 is 9.26 Å². The van der Waals surface area contributed by atoms with Crippen LogP contribution in [-0.2, 0) is 11.2 Å². The van der Waals surface area contributed by atoms with Gasteiger partial charge in [0.25, 0.3) is 0 Å². The zero-order chi connectivity index (χ0) is 20.1. The van der Waals surface area contributed by atoms with E-state index in [0.29, 0.717) is 17.0 Å². The number of benzene rings is 2. The zero-order valence-electron chi connectivity index (χ0n) is 15.8. The maximum Gasteiger partial charge on any atom is 0.239 e. The molecular weight excluding hydrogens is 366 g/mol. The molecule has 29 heavy (non-hydrogen) atoms. The number of amides is 1. The van der Waals surface area contributed by atoms with E-state index in [1.54, 1.807) is 19.5 Å². The maximum atomic E-state index is 12.6. The van der Waals surface area contributed by atoms with E-state index >= 15 is 0 Å². The lowest BCUT2D eigenvalue weighted by Gasteiger charge is -2.09. The number of methoxy groups -OCH3 is 1. The number of carbonyl (C=O) groups excluding carboxylic acids is 1. The molecule has 4 aromatic rings. The number of aromatic nitrogens is 2. The highest BCUT2D eigenvalue weighted by atomic mass is 16.5. The summed E-state index contributed by atoms with van der Waals surface area (Å²) in [6, 6.07) is 20.8. The summed E-state index contributed by atoms with van der Waals surface area (Å²) in [6.45, 7) is 0. The van der Waals surface area contributed by atoms with Gasteiger partial charge in [-0.3, -0.25) is 15.1 Å². The highest BCUT2D eigenvalue weighted by Gasteiger charge is 2.23. The van der Waals surface area contributed by atoms with E-state index in [1.165, 1.54) is 0 Å². The van der Waals surface area contributed by atoms with Crippen molar-refractivity contribution in [2.24, 2.45) is 0 Å². The van der Waals surface area contributed by atoms with Crippen molar-refractivity contribution in [2.75, 3.05) is 12.4 Å². The molecular formula is C23H19N3O3. The van der Waals surface area contributed by atoms with Gasteiger partial charge in [0.15, 0.2) is 0 Å². The van der Waals surface area contributed by atoms with Crippen LogP contribution in [0.4, 0.5) is 5.88 Å². The molecule has 0 unspecified atom stereocenters. The first-order chi connectivity index (χ1) is 14.3. The number of anilines is 1. The molecule has 0 radical (unpaired) electrons. The maximum absolute atomic E-state index is 12.6. The van der Waals surface area contributed by atoms with Crippen LogP contribution < -0.4 is 10.1 Å². The van der Waals surface area contributed by atoms with Gasteiger partial charge >= 0.3 is 0 Å². The second-order valence-corrected chi connectivity index (χ2v) is 6.38. The summed E-state index contributed by atoms with van der Waals surface area (Å²) in [5, 5.41) is 7.10. The van der Waals surface area contributed by atoms with Gasteiger partial charge in [0, 0.05) is 18.0 Å². The molecule has 0 aliphatic heterocycles. The standard InChI is InChI=1S/C23H19N3O3/c1-28-19-10-6-5-9-18(19)22-21(17-11-13-24-14-12-17)23(29-26-22)25-20(27)15-16-7-3-2-4-8-16/h2-14H,15H2,1H3,(H,25,27). The molecule has 0 bridgehead atoms. The van der Waals surface area contributed by atoms with Crippen molar-refractivity contribution in [3.05, 3.63) is 84.7 Å². The van der Waals surface area contributed by atoms with Gasteiger partial charge in [-0.1, -0.05) is 47.6 Å². The quantitative estimate of drug-likeness (QED) is 0.525. The van der Waals surface area contributed by atoms with Gasteiger partial charge in [-0.25, -0.2) is 0 Å². The molecule has 0 saturated heterocycles. The molecule has 1 N–H and O–H groups in total. The molecule has 6 nitrogen and oxygen atoms in total. The van der Waals surface area contributed by atoms with E-state index in [4.69, 9.17) is 9.26 Å². The number of rotatable bonds is 6. The van der Waals surface area contributed by atoms with Gasteiger partial charge in [-0.2, -0.15) is 0 Å². The number of pyridine rings is 1. The minimum Gasteiger partial charge on any atom is -0.496 e. The third kappa shape index (κ3) is 4.01. The van der Waals surface area contributed by atoms with E-state index in [-0.39, 0.29) is 18.2 Å². The first kappa shape index (κ1) is 18.4. The Morgan fingerprint density at radius 2 is 1.72 bits per heavy atom. The number of nitrogens with zero attached hydrogens (tertiary/aromatic N) is 2. The molecule has 0 saturated carbocycles. The van der Waals surface area contributed by atoms with Crippen LogP contribution in [0.3, 0.4) is 0 Å². The van der Waals surface area contributed by atoms with Gasteiger partial charge in [0.05, 0.1) is 19.1 Å². The van der Waals surface area contributed by atoms with Crippen LogP contribution in [0.5, 0.6) is 5.75 Å². The lowest BCUT2D eigenvalue weighted by Crippen LogP contribution is -2.14. The number of carbonyl (C=O) groups is 1. The van der Waals surface area contributed by atoms with Crippen LogP contribution in [0.1, 0.15) is 5.56 Å². The predicted molar refractivity (Wildman–Crippen MR) is 110 cm³/mol. The minimum absolute atomic E-state index is 0.186. The van der Waals surface area contributed by atoms with Gasteiger partial charge in [0.2, 0.25) is 11.8 Å². The van der Waals surface area contributed by atoms with Gasteiger partial charge in [0.1, 0.15) is 11.4 Å². The van der Waals surface area contributed by atoms with Crippen LogP contribution in [-0.4, -0.2) is 23.2 Å². The van der Waals surface area contributed by atoms with Crippen molar-refractivity contribution in [3.63, 3.8) is 0 Å². The van der Waals surface area contributed by atoms with E-state index in [0.717, 1.165) is 16.7 Å². The largest absolute Gasteiger partial charge is 0.496 e. The van der Waals surface area contributed by atoms with Crippen molar-refractivity contribution in [2.45, 2.75) is 6.42 Å². The second kappa shape index (κ2) is 8.39. The summed E-state index contributed by atoms with van der Waals surface area (Å²) < 4.78 is 11.0. The second-order valence-electron chi connectivity index (χ2n) is 6.38. The molecule has 0 aliphatic rings. The molecule has 0 fully saturated rings. The highest BCUT2D eigenvalue weighted by molar-refractivity contribution is 5.98. The topological polar surface area (TPSA) is 77.3 Å². The minimum atomic E-state index is -0.186. The Hall–Kier alpha value is -3.93. The summed E-state index contributed by atoms with van der Waals surface area (Å²) in [4.78, 5) is 16.7. The van der Waals surface area contributed by atoms with E-state index < -0.39 is 0 Å². The Morgan fingerprint density at radius 3 is 2.48 bits per heavy atom. The molecule has 144 valence electrons. The smallest absolute Gasteiger partial charge is 0.239 e. The zero-order valence-corrected chi connectivity index (χ0v) is 15.8. The lowest BCUT2D eigenvalue weighted by atomic mass is 10.0. The molecule has 0 aliphatic carbocycles. The molecule has 1 amide bonds. The number of hydrogen-bond acceptors (Lipinski definition) is 5. The van der Waals surface area contributed by atoms with Crippen molar-refractivity contribution in [3.8, 4) is 28.1 Å². The fourth-order valence-electron chi connectivity index (χ4n) is 3.14. The van der Waals surface area contributed by atoms with Crippen molar-refractivity contribution < 1.29 is 14.1 Å². The van der Waals surface area contributed by atoms with Gasteiger partial charge in [-0.05, 0) is 35.4 Å². The average molecular weight is 385 g/mol. The molecule has 2 heterocycles. The monoisotopic (exact) mass is 385 g/mol. The summed E-state index contributed by atoms with van der Waals surface area (Å²) in [5.74, 6) is 0.769. The number of nitrogens with one attached hydrogen (secondary N) is 1. The normalized spacial score (nSPS) is 10.5. The van der Waals surface area contributed by atoms with Crippen molar-refractivity contribution in [1.82, 2.24) is 10.1 Å². The van der Waals surface area contributed by atoms with E-state index in [1.807, 2.05) is 66.7 Å². The van der Waals surface area contributed by atoms with Crippen LogP contribution in [0.2, 0.25) is 0 Å². The van der Waals surface area contributed by atoms with Crippen LogP contribution in [0, 0.1) is 0 Å². The first-order valence-corrected chi connectivity index (χ1v) is 9.13. The third-order valence-electron chi connectivity index (χ3n) is 4.48. The molecule has 4 rings (SSSR count). The van der Waals surface area contributed by atoms with Crippen LogP contribution in [0.25, 0.3) is 22.4 Å². The van der Waals surface area contributed by atoms with Crippen LogP contribution in [0.15, 0.2) is 83.6 Å². The average Bonchev–Trinajstić information content (AvgIpc) is 3.18. The van der Waals surface area contributed by atoms with E-state index in [2.05, 4.69) is 15.5 Å². The molecule has 0 atom stereocenters. The Labute approximate surface area is 168 Å². The Morgan fingerprint density at radius 1 is 1.00 bits per heavy atom. The summed E-state index contributed by atoms with van der Waals surface area (Å²) in [7, 11) is 1.60. The molecule has 0 spiro atoms. The SMILES string of the molecule is COc1ccccc1-c1noc(NC(=O)Cc2ccccc2)c1-c1ccncc1. The highest BCUT2D eigenvalue weighted by Crippen LogP contribution is 2.40. The third-order valence-corrected chi connectivity index (χ3v) is 4.48.